The highest BCUT2D eigenvalue weighted by Gasteiger charge is 2.10. The molecule has 4 aromatic rings. The number of benzene rings is 3. The third-order valence-electron chi connectivity index (χ3n) is 4.92. The Kier molecular flexibility index (Phi) is 6.80. The van der Waals surface area contributed by atoms with Gasteiger partial charge in [-0.25, -0.2) is 10.4 Å². The second-order valence-electron chi connectivity index (χ2n) is 7.37. The Morgan fingerprint density at radius 3 is 2.58 bits per heavy atom. The van der Waals surface area contributed by atoms with E-state index in [0.29, 0.717) is 23.8 Å². The number of para-hydroxylation sites is 1. The summed E-state index contributed by atoms with van der Waals surface area (Å²) in [5.74, 6) is 1.41. The number of hydrazone groups is 1. The summed E-state index contributed by atoms with van der Waals surface area (Å²) in [4.78, 5) is 19.2. The predicted molar refractivity (Wildman–Crippen MR) is 130 cm³/mol. The minimum atomic E-state index is -0.273. The van der Waals surface area contributed by atoms with Crippen LogP contribution in [0.3, 0.4) is 0 Å². The Morgan fingerprint density at radius 1 is 1.03 bits per heavy atom. The van der Waals surface area contributed by atoms with Crippen molar-refractivity contribution in [2.45, 2.75) is 13.5 Å². The first-order valence-electron chi connectivity index (χ1n) is 10.4. The van der Waals surface area contributed by atoms with Gasteiger partial charge in [-0.1, -0.05) is 66.2 Å². The number of nitrogens with zero attached hydrogens (tertiary/aromatic N) is 2. The van der Waals surface area contributed by atoms with Gasteiger partial charge in [0.25, 0.3) is 5.56 Å². The molecule has 33 heavy (non-hydrogen) atoms. The fraction of sp³-hybridized carbons (Fsp3) is 0.115. The Morgan fingerprint density at radius 2 is 1.82 bits per heavy atom. The first-order valence-corrected chi connectivity index (χ1v) is 10.4. The molecular weight excluding hydrogens is 416 g/mol. The fourth-order valence-corrected chi connectivity index (χ4v) is 3.22. The zero-order chi connectivity index (χ0) is 23.0. The van der Waals surface area contributed by atoms with Crippen molar-refractivity contribution in [3.8, 4) is 22.8 Å². The van der Waals surface area contributed by atoms with E-state index in [1.165, 1.54) is 11.6 Å². The molecule has 3 aromatic carbocycles. The molecule has 1 aromatic heterocycles. The van der Waals surface area contributed by atoms with Gasteiger partial charge in [0.05, 0.1) is 19.0 Å². The van der Waals surface area contributed by atoms with E-state index in [1.54, 1.807) is 13.3 Å². The predicted octanol–water partition coefficient (Wildman–Crippen LogP) is 4.78. The third kappa shape index (κ3) is 5.65. The number of hydrogen-bond acceptors (Lipinski definition) is 6. The number of H-pyrrole nitrogens is 1. The molecule has 7 nitrogen and oxygen atoms in total. The molecule has 7 heteroatoms. The number of rotatable bonds is 8. The molecule has 0 amide bonds. The zero-order valence-corrected chi connectivity index (χ0v) is 18.4. The molecule has 0 saturated carbocycles. The van der Waals surface area contributed by atoms with E-state index in [0.717, 1.165) is 16.7 Å². The third-order valence-corrected chi connectivity index (χ3v) is 4.92. The standard InChI is InChI=1S/C26H24N4O3/c1-18-11-13-19(14-12-18)17-33-25-21(9-6-10-23(25)32-2)16-27-30-26-28-22(15-24(31)29-26)20-7-4-3-5-8-20/h3-16H,17H2,1-2H3,(H2,28,29,30,31)/b27-16+. The van der Waals surface area contributed by atoms with Crippen molar-refractivity contribution in [2.24, 2.45) is 5.10 Å². The van der Waals surface area contributed by atoms with Crippen molar-refractivity contribution in [1.82, 2.24) is 9.97 Å². The lowest BCUT2D eigenvalue weighted by atomic mass is 10.1. The van der Waals surface area contributed by atoms with Gasteiger partial charge in [-0.15, -0.1) is 0 Å². The van der Waals surface area contributed by atoms with E-state index in [1.807, 2.05) is 79.7 Å². The summed E-state index contributed by atoms with van der Waals surface area (Å²) in [6, 6.07) is 24.6. The topological polar surface area (TPSA) is 88.6 Å². The van der Waals surface area contributed by atoms with Crippen LogP contribution in [-0.2, 0) is 6.61 Å². The number of aryl methyl sites for hydroxylation is 1. The van der Waals surface area contributed by atoms with Crippen LogP contribution in [-0.4, -0.2) is 23.3 Å². The molecule has 0 fully saturated rings. The van der Waals surface area contributed by atoms with E-state index in [9.17, 15) is 4.79 Å². The van der Waals surface area contributed by atoms with Crippen LogP contribution in [0.1, 0.15) is 16.7 Å². The minimum Gasteiger partial charge on any atom is -0.493 e. The Bertz CT molecular complexity index is 1300. The van der Waals surface area contributed by atoms with Gasteiger partial charge in [-0.05, 0) is 24.6 Å². The average molecular weight is 441 g/mol. The van der Waals surface area contributed by atoms with Gasteiger partial charge < -0.3 is 9.47 Å². The highest BCUT2D eigenvalue weighted by molar-refractivity contribution is 5.85. The summed E-state index contributed by atoms with van der Waals surface area (Å²) in [5, 5.41) is 4.25. The van der Waals surface area contributed by atoms with Crippen molar-refractivity contribution in [3.63, 3.8) is 0 Å². The monoisotopic (exact) mass is 440 g/mol. The Labute approximate surface area is 191 Å². The van der Waals surface area contributed by atoms with Crippen LogP contribution >= 0.6 is 0 Å². The van der Waals surface area contributed by atoms with Crippen LogP contribution in [0.2, 0.25) is 0 Å². The van der Waals surface area contributed by atoms with E-state index in [2.05, 4.69) is 20.5 Å². The molecule has 0 aliphatic heterocycles. The molecule has 0 bridgehead atoms. The second-order valence-corrected chi connectivity index (χ2v) is 7.37. The quantitative estimate of drug-likeness (QED) is 0.304. The number of aromatic amines is 1. The van der Waals surface area contributed by atoms with Gasteiger partial charge in [-0.3, -0.25) is 9.78 Å². The maximum Gasteiger partial charge on any atom is 0.252 e. The summed E-state index contributed by atoms with van der Waals surface area (Å²) < 4.78 is 11.5. The van der Waals surface area contributed by atoms with E-state index >= 15 is 0 Å². The molecule has 4 rings (SSSR count). The van der Waals surface area contributed by atoms with Gasteiger partial charge in [0.15, 0.2) is 11.5 Å². The molecule has 0 saturated heterocycles. The van der Waals surface area contributed by atoms with Crippen LogP contribution in [0.25, 0.3) is 11.3 Å². The summed E-state index contributed by atoms with van der Waals surface area (Å²) in [5.41, 5.74) is 6.88. The number of nitrogens with one attached hydrogen (secondary N) is 2. The SMILES string of the molecule is COc1cccc(/C=N/Nc2nc(-c3ccccc3)cc(=O)[nH]2)c1OCc1ccc(C)cc1. The molecule has 0 spiro atoms. The number of ether oxygens (including phenoxy) is 2. The molecule has 2 N–H and O–H groups in total. The Balaban J connectivity index is 1.53. The van der Waals surface area contributed by atoms with Crippen LogP contribution < -0.4 is 20.5 Å². The second kappa shape index (κ2) is 10.3. The van der Waals surface area contributed by atoms with Gasteiger partial charge in [0, 0.05) is 17.2 Å². The fourth-order valence-electron chi connectivity index (χ4n) is 3.22. The van der Waals surface area contributed by atoms with Crippen LogP contribution in [0.4, 0.5) is 5.95 Å². The molecule has 0 atom stereocenters. The molecule has 0 radical (unpaired) electrons. The number of aromatic nitrogens is 2. The highest BCUT2D eigenvalue weighted by Crippen LogP contribution is 2.31. The van der Waals surface area contributed by atoms with Crippen LogP contribution in [0, 0.1) is 6.92 Å². The molecule has 0 aliphatic rings. The number of methoxy groups -OCH3 is 1. The summed E-state index contributed by atoms with van der Waals surface area (Å²) >= 11 is 0. The van der Waals surface area contributed by atoms with E-state index < -0.39 is 0 Å². The van der Waals surface area contributed by atoms with Gasteiger partial charge in [0.2, 0.25) is 5.95 Å². The minimum absolute atomic E-state index is 0.239. The normalized spacial score (nSPS) is 10.8. The maximum atomic E-state index is 12.1. The molecule has 0 unspecified atom stereocenters. The van der Waals surface area contributed by atoms with Crippen molar-refractivity contribution in [3.05, 3.63) is 106 Å². The first-order chi connectivity index (χ1) is 16.1. The molecule has 166 valence electrons. The van der Waals surface area contributed by atoms with Crippen molar-refractivity contribution in [1.29, 1.82) is 0 Å². The molecular formula is C26H24N4O3. The number of hydrogen-bond donors (Lipinski definition) is 2. The summed E-state index contributed by atoms with van der Waals surface area (Å²) in [6.07, 6.45) is 1.60. The lowest BCUT2D eigenvalue weighted by molar-refractivity contribution is 0.284. The highest BCUT2D eigenvalue weighted by atomic mass is 16.5. The lowest BCUT2D eigenvalue weighted by Crippen LogP contribution is -2.10. The van der Waals surface area contributed by atoms with Gasteiger partial charge in [-0.2, -0.15) is 5.10 Å². The first kappa shape index (κ1) is 21.8. The van der Waals surface area contributed by atoms with Crippen molar-refractivity contribution >= 4 is 12.2 Å². The molecule has 1 heterocycles. The molecule has 0 aliphatic carbocycles. The van der Waals surface area contributed by atoms with Crippen LogP contribution in [0.5, 0.6) is 11.5 Å². The smallest absolute Gasteiger partial charge is 0.252 e. The van der Waals surface area contributed by atoms with E-state index in [4.69, 9.17) is 9.47 Å². The average Bonchev–Trinajstić information content (AvgIpc) is 2.84. The zero-order valence-electron chi connectivity index (χ0n) is 18.4. The van der Waals surface area contributed by atoms with Gasteiger partial charge >= 0.3 is 0 Å². The van der Waals surface area contributed by atoms with Gasteiger partial charge in [0.1, 0.15) is 6.61 Å². The van der Waals surface area contributed by atoms with Crippen molar-refractivity contribution < 1.29 is 9.47 Å². The number of anilines is 1. The van der Waals surface area contributed by atoms with E-state index in [-0.39, 0.29) is 11.5 Å². The lowest BCUT2D eigenvalue weighted by Gasteiger charge is -2.13. The largest absolute Gasteiger partial charge is 0.493 e. The van der Waals surface area contributed by atoms with Crippen molar-refractivity contribution in [2.75, 3.05) is 12.5 Å². The van der Waals surface area contributed by atoms with Crippen LogP contribution in [0.15, 0.2) is 88.8 Å². The Hall–Kier alpha value is -4.39. The maximum absolute atomic E-state index is 12.1. The summed E-state index contributed by atoms with van der Waals surface area (Å²) in [7, 11) is 1.59. The summed E-state index contributed by atoms with van der Waals surface area (Å²) in [6.45, 7) is 2.44.